The van der Waals surface area contributed by atoms with Crippen molar-refractivity contribution < 1.29 is 23.8 Å². The summed E-state index contributed by atoms with van der Waals surface area (Å²) in [5.41, 5.74) is 1.30. The van der Waals surface area contributed by atoms with Gasteiger partial charge < -0.3 is 24.8 Å². The Morgan fingerprint density at radius 1 is 1.07 bits per heavy atom. The lowest BCUT2D eigenvalue weighted by molar-refractivity contribution is -0.120. The normalized spacial score (nSPS) is 15.2. The van der Waals surface area contributed by atoms with Gasteiger partial charge in [0.1, 0.15) is 6.10 Å². The van der Waals surface area contributed by atoms with Gasteiger partial charge in [0.15, 0.2) is 11.5 Å². The second-order valence-corrected chi connectivity index (χ2v) is 7.05. The Bertz CT molecular complexity index is 896. The molecular weight excluding hydrogens is 374 g/mol. The number of aromatic nitrogens is 1. The van der Waals surface area contributed by atoms with E-state index in [1.54, 1.807) is 24.4 Å². The van der Waals surface area contributed by atoms with Crippen molar-refractivity contribution in [3.8, 4) is 17.4 Å². The molecule has 152 valence electrons. The van der Waals surface area contributed by atoms with Gasteiger partial charge in [-0.15, -0.1) is 0 Å². The first-order valence-corrected chi connectivity index (χ1v) is 9.73. The molecule has 4 rings (SSSR count). The van der Waals surface area contributed by atoms with Crippen molar-refractivity contribution in [2.45, 2.75) is 38.3 Å². The smallest absolute Gasteiger partial charge is 0.251 e. The van der Waals surface area contributed by atoms with Crippen LogP contribution < -0.4 is 24.8 Å². The molecule has 8 nitrogen and oxygen atoms in total. The van der Waals surface area contributed by atoms with Crippen LogP contribution in [-0.2, 0) is 11.3 Å². The maximum absolute atomic E-state index is 12.2. The van der Waals surface area contributed by atoms with Gasteiger partial charge in [0.05, 0.1) is 6.54 Å². The number of benzene rings is 1. The van der Waals surface area contributed by atoms with E-state index >= 15 is 0 Å². The van der Waals surface area contributed by atoms with Crippen LogP contribution in [0.2, 0.25) is 0 Å². The minimum Gasteiger partial charge on any atom is -0.474 e. The largest absolute Gasteiger partial charge is 0.474 e. The molecule has 2 N–H and O–H groups in total. The zero-order valence-corrected chi connectivity index (χ0v) is 16.0. The topological polar surface area (TPSA) is 98.8 Å². The zero-order valence-electron chi connectivity index (χ0n) is 16.0. The SMILES string of the molecule is O=C(CNC(=O)c1ccc2c(c1)OCO2)NCc1ccnc(OC2CCCC2)c1. The van der Waals surface area contributed by atoms with Crippen molar-refractivity contribution in [3.63, 3.8) is 0 Å². The van der Waals surface area contributed by atoms with Crippen LogP contribution in [0, 0.1) is 0 Å². The maximum Gasteiger partial charge on any atom is 0.251 e. The van der Waals surface area contributed by atoms with Crippen molar-refractivity contribution in [3.05, 3.63) is 47.7 Å². The molecule has 0 bridgehead atoms. The Hall–Kier alpha value is -3.29. The van der Waals surface area contributed by atoms with Crippen LogP contribution in [0.1, 0.15) is 41.6 Å². The van der Waals surface area contributed by atoms with Gasteiger partial charge in [0.25, 0.3) is 5.91 Å². The molecule has 1 aromatic heterocycles. The number of rotatable bonds is 7. The number of pyridine rings is 1. The molecule has 0 spiro atoms. The molecule has 1 aromatic carbocycles. The highest BCUT2D eigenvalue weighted by molar-refractivity contribution is 5.97. The Labute approximate surface area is 168 Å². The van der Waals surface area contributed by atoms with Crippen LogP contribution in [0.3, 0.4) is 0 Å². The maximum atomic E-state index is 12.2. The minimum absolute atomic E-state index is 0.121. The molecule has 29 heavy (non-hydrogen) atoms. The third-order valence-corrected chi connectivity index (χ3v) is 4.92. The first-order chi connectivity index (χ1) is 14.2. The van der Waals surface area contributed by atoms with Crippen molar-refractivity contribution in [2.75, 3.05) is 13.3 Å². The first-order valence-electron chi connectivity index (χ1n) is 9.73. The van der Waals surface area contributed by atoms with Gasteiger partial charge in [-0.25, -0.2) is 4.98 Å². The number of hydrogen-bond donors (Lipinski definition) is 2. The van der Waals surface area contributed by atoms with E-state index in [-0.39, 0.29) is 31.3 Å². The summed E-state index contributed by atoms with van der Waals surface area (Å²) in [7, 11) is 0. The summed E-state index contributed by atoms with van der Waals surface area (Å²) in [5, 5.41) is 5.39. The molecule has 2 heterocycles. The molecule has 0 saturated heterocycles. The molecule has 1 aliphatic heterocycles. The van der Waals surface area contributed by atoms with Crippen LogP contribution in [0.15, 0.2) is 36.5 Å². The summed E-state index contributed by atoms with van der Waals surface area (Å²) in [6.07, 6.45) is 6.42. The fourth-order valence-electron chi connectivity index (χ4n) is 3.37. The van der Waals surface area contributed by atoms with Gasteiger partial charge in [-0.1, -0.05) is 0 Å². The number of hydrogen-bond acceptors (Lipinski definition) is 6. The number of fused-ring (bicyclic) bond motifs is 1. The van der Waals surface area contributed by atoms with E-state index in [0.29, 0.717) is 29.5 Å². The molecule has 0 atom stereocenters. The second-order valence-electron chi connectivity index (χ2n) is 7.05. The lowest BCUT2D eigenvalue weighted by Crippen LogP contribution is -2.36. The molecule has 2 aliphatic rings. The molecule has 0 unspecified atom stereocenters. The van der Waals surface area contributed by atoms with Gasteiger partial charge in [-0.3, -0.25) is 9.59 Å². The van der Waals surface area contributed by atoms with E-state index in [0.717, 1.165) is 18.4 Å². The second kappa shape index (κ2) is 8.81. The van der Waals surface area contributed by atoms with Crippen molar-refractivity contribution in [2.24, 2.45) is 0 Å². The standard InChI is InChI=1S/C21H23N3O5/c25-19(12-24-21(26)15-5-6-17-18(10-15)28-13-27-17)23-11-14-7-8-22-20(9-14)29-16-3-1-2-4-16/h5-10,16H,1-4,11-13H2,(H,23,25)(H,24,26). The van der Waals surface area contributed by atoms with E-state index in [1.165, 1.54) is 12.8 Å². The molecule has 8 heteroatoms. The highest BCUT2D eigenvalue weighted by Gasteiger charge is 2.18. The Balaban J connectivity index is 1.23. The Kier molecular flexibility index (Phi) is 5.79. The number of amides is 2. The van der Waals surface area contributed by atoms with E-state index in [4.69, 9.17) is 14.2 Å². The lowest BCUT2D eigenvalue weighted by atomic mass is 10.2. The molecule has 2 aromatic rings. The summed E-state index contributed by atoms with van der Waals surface area (Å²) < 4.78 is 16.4. The highest BCUT2D eigenvalue weighted by atomic mass is 16.7. The van der Waals surface area contributed by atoms with Crippen LogP contribution in [0.4, 0.5) is 0 Å². The van der Waals surface area contributed by atoms with E-state index in [9.17, 15) is 9.59 Å². The van der Waals surface area contributed by atoms with E-state index < -0.39 is 0 Å². The summed E-state index contributed by atoms with van der Waals surface area (Å²) in [5.74, 6) is 1.08. The number of carbonyl (C=O) groups is 2. The molecule has 0 radical (unpaired) electrons. The van der Waals surface area contributed by atoms with Crippen LogP contribution in [0.5, 0.6) is 17.4 Å². The number of carbonyl (C=O) groups excluding carboxylic acids is 2. The monoisotopic (exact) mass is 397 g/mol. The average Bonchev–Trinajstić information content (AvgIpc) is 3.42. The summed E-state index contributed by atoms with van der Waals surface area (Å²) in [6, 6.07) is 8.56. The third kappa shape index (κ3) is 4.96. The van der Waals surface area contributed by atoms with Gasteiger partial charge in [0, 0.05) is 24.4 Å². The van der Waals surface area contributed by atoms with Crippen LogP contribution >= 0.6 is 0 Å². The van der Waals surface area contributed by atoms with Gasteiger partial charge in [-0.2, -0.15) is 0 Å². The zero-order chi connectivity index (χ0) is 20.1. The molecule has 1 fully saturated rings. The summed E-state index contributed by atoms with van der Waals surface area (Å²) in [4.78, 5) is 28.5. The number of nitrogens with one attached hydrogen (secondary N) is 2. The number of ether oxygens (including phenoxy) is 3. The Morgan fingerprint density at radius 3 is 2.76 bits per heavy atom. The van der Waals surface area contributed by atoms with Crippen molar-refractivity contribution in [1.82, 2.24) is 15.6 Å². The highest BCUT2D eigenvalue weighted by Crippen LogP contribution is 2.32. The molecule has 1 saturated carbocycles. The summed E-state index contributed by atoms with van der Waals surface area (Å²) >= 11 is 0. The van der Waals surface area contributed by atoms with E-state index in [2.05, 4.69) is 15.6 Å². The van der Waals surface area contributed by atoms with Crippen molar-refractivity contribution >= 4 is 11.8 Å². The predicted octanol–water partition coefficient (Wildman–Crippen LogP) is 2.18. The minimum atomic E-state index is -0.352. The van der Waals surface area contributed by atoms with Crippen molar-refractivity contribution in [1.29, 1.82) is 0 Å². The summed E-state index contributed by atoms with van der Waals surface area (Å²) in [6.45, 7) is 0.358. The lowest BCUT2D eigenvalue weighted by Gasteiger charge is -2.13. The molecule has 1 aliphatic carbocycles. The van der Waals surface area contributed by atoms with Crippen LogP contribution in [0.25, 0.3) is 0 Å². The quantitative estimate of drug-likeness (QED) is 0.743. The Morgan fingerprint density at radius 2 is 1.90 bits per heavy atom. The average molecular weight is 397 g/mol. The molecule has 2 amide bonds. The van der Waals surface area contributed by atoms with Gasteiger partial charge in [0.2, 0.25) is 18.6 Å². The van der Waals surface area contributed by atoms with Crippen LogP contribution in [-0.4, -0.2) is 36.2 Å². The fraction of sp³-hybridized carbons (Fsp3) is 0.381. The fourth-order valence-corrected chi connectivity index (χ4v) is 3.37. The molecular formula is C21H23N3O5. The third-order valence-electron chi connectivity index (χ3n) is 4.92. The van der Waals surface area contributed by atoms with Gasteiger partial charge in [-0.05, 0) is 55.5 Å². The predicted molar refractivity (Wildman–Crippen MR) is 104 cm³/mol. The van der Waals surface area contributed by atoms with Gasteiger partial charge >= 0.3 is 0 Å². The van der Waals surface area contributed by atoms with E-state index in [1.807, 2.05) is 12.1 Å². The number of nitrogens with zero attached hydrogens (tertiary/aromatic N) is 1. The first kappa shape index (κ1) is 19.0.